The molecule has 2 aromatic carbocycles. The predicted octanol–water partition coefficient (Wildman–Crippen LogP) is 8.52. The van der Waals surface area contributed by atoms with E-state index < -0.39 is 11.6 Å². The Kier molecular flexibility index (Phi) is 11.8. The standard InChI is InChI=1S/C35H37FN6O4S.C2H6/c1-4-26-15-29-32(46-26)38-19-25(39-29)18-37-24(17-35(36)12-7-13-35)20-45-30-16-28(31-21(2)8-5-9-22(31)3)40-34(41-30)42-47-27-11-6-10-23(14-27)33(43)44;1-2/h5-6,8-11,14-16,19,24,37H,4,7,12-13,17-18,20H2,1-3H3,(H,43,44)(H,40,41,42);1-2H3. The van der Waals surface area contributed by atoms with Gasteiger partial charge in [0.15, 0.2) is 0 Å². The summed E-state index contributed by atoms with van der Waals surface area (Å²) in [5.74, 6) is 0.453. The largest absolute Gasteiger partial charge is 0.478 e. The van der Waals surface area contributed by atoms with E-state index in [0.29, 0.717) is 59.5 Å². The quantitative estimate of drug-likeness (QED) is 0.0970. The summed E-state index contributed by atoms with van der Waals surface area (Å²) in [6, 6.07) is 16.0. The SMILES string of the molecule is CC.CCc1cc2nc(CNC(COc3cc(-c4c(C)cccc4C)nc(NSc4cccc(C(=O)O)c4)n3)CC3(F)CCC3)cnc2o1. The smallest absolute Gasteiger partial charge is 0.335 e. The maximum absolute atomic E-state index is 15.4. The maximum atomic E-state index is 15.4. The van der Waals surface area contributed by atoms with Crippen LogP contribution in [0.2, 0.25) is 0 Å². The number of nitrogens with zero attached hydrogens (tertiary/aromatic N) is 4. The van der Waals surface area contributed by atoms with Gasteiger partial charge >= 0.3 is 5.97 Å². The van der Waals surface area contributed by atoms with Crippen LogP contribution < -0.4 is 14.8 Å². The van der Waals surface area contributed by atoms with Gasteiger partial charge in [-0.1, -0.05) is 45.0 Å². The van der Waals surface area contributed by atoms with Crippen LogP contribution in [-0.4, -0.2) is 49.3 Å². The third-order valence-corrected chi connectivity index (χ3v) is 9.11. The molecule has 0 saturated heterocycles. The Labute approximate surface area is 290 Å². The Morgan fingerprint density at radius 1 is 1.08 bits per heavy atom. The number of carboxylic acid groups (broad SMARTS) is 1. The van der Waals surface area contributed by atoms with Crippen LogP contribution in [0, 0.1) is 13.8 Å². The summed E-state index contributed by atoms with van der Waals surface area (Å²) in [6.45, 7) is 10.6. The molecule has 258 valence electrons. The molecule has 0 bridgehead atoms. The number of benzene rings is 2. The van der Waals surface area contributed by atoms with E-state index in [1.165, 1.54) is 18.0 Å². The summed E-state index contributed by atoms with van der Waals surface area (Å²) in [6.07, 6.45) is 4.66. The number of alkyl halides is 1. The number of carbonyl (C=O) groups is 1. The number of fused-ring (bicyclic) bond motifs is 1. The monoisotopic (exact) mass is 686 g/mol. The first-order valence-electron chi connectivity index (χ1n) is 16.7. The van der Waals surface area contributed by atoms with Gasteiger partial charge in [0, 0.05) is 41.6 Å². The average molecular weight is 687 g/mol. The van der Waals surface area contributed by atoms with Crippen LogP contribution in [-0.2, 0) is 13.0 Å². The van der Waals surface area contributed by atoms with Gasteiger partial charge in [-0.3, -0.25) is 4.72 Å². The Morgan fingerprint density at radius 2 is 1.84 bits per heavy atom. The molecule has 0 amide bonds. The first-order chi connectivity index (χ1) is 23.7. The highest BCUT2D eigenvalue weighted by Crippen LogP contribution is 2.40. The van der Waals surface area contributed by atoms with Gasteiger partial charge in [-0.15, -0.1) is 0 Å². The molecule has 1 unspecified atom stereocenters. The number of furan rings is 1. The van der Waals surface area contributed by atoms with E-state index in [4.69, 9.17) is 14.1 Å². The highest BCUT2D eigenvalue weighted by Gasteiger charge is 2.39. The van der Waals surface area contributed by atoms with Gasteiger partial charge in [-0.25, -0.2) is 24.1 Å². The zero-order valence-corrected chi connectivity index (χ0v) is 29.4. The Morgan fingerprint density at radius 3 is 2.53 bits per heavy atom. The van der Waals surface area contributed by atoms with Gasteiger partial charge in [0.05, 0.1) is 23.1 Å². The minimum atomic E-state index is -1.24. The highest BCUT2D eigenvalue weighted by atomic mass is 32.2. The number of halogens is 1. The van der Waals surface area contributed by atoms with Crippen molar-refractivity contribution >= 4 is 35.1 Å². The number of ether oxygens (including phenoxy) is 1. The predicted molar refractivity (Wildman–Crippen MR) is 191 cm³/mol. The van der Waals surface area contributed by atoms with Crippen LogP contribution in [0.4, 0.5) is 10.3 Å². The Hall–Kier alpha value is -4.55. The van der Waals surface area contributed by atoms with Crippen molar-refractivity contribution < 1.29 is 23.4 Å². The number of aromatic nitrogens is 4. The van der Waals surface area contributed by atoms with Crippen molar-refractivity contribution in [3.05, 3.63) is 88.9 Å². The van der Waals surface area contributed by atoms with Crippen molar-refractivity contribution in [2.45, 2.75) is 89.9 Å². The number of aryl methyl sites for hydroxylation is 3. The number of anilines is 1. The van der Waals surface area contributed by atoms with Crippen LogP contribution >= 0.6 is 11.9 Å². The normalized spacial score (nSPS) is 14.0. The Balaban J connectivity index is 0.00000230. The van der Waals surface area contributed by atoms with Crippen LogP contribution in [0.5, 0.6) is 5.88 Å². The van der Waals surface area contributed by atoms with E-state index in [1.807, 2.05) is 58.9 Å². The van der Waals surface area contributed by atoms with Crippen LogP contribution in [0.3, 0.4) is 0 Å². The van der Waals surface area contributed by atoms with E-state index in [-0.39, 0.29) is 18.2 Å². The number of carboxylic acids is 1. The molecule has 1 aliphatic carbocycles. The summed E-state index contributed by atoms with van der Waals surface area (Å²) in [4.78, 5) is 30.6. The second-order valence-corrected chi connectivity index (χ2v) is 12.8. The van der Waals surface area contributed by atoms with E-state index in [1.54, 1.807) is 30.5 Å². The first-order valence-corrected chi connectivity index (χ1v) is 17.5. The van der Waals surface area contributed by atoms with E-state index >= 15 is 4.39 Å². The lowest BCUT2D eigenvalue weighted by Crippen LogP contribution is -2.44. The minimum Gasteiger partial charge on any atom is -0.478 e. The van der Waals surface area contributed by atoms with E-state index in [0.717, 1.165) is 41.0 Å². The van der Waals surface area contributed by atoms with E-state index in [2.05, 4.69) is 25.0 Å². The molecule has 1 aliphatic rings. The highest BCUT2D eigenvalue weighted by molar-refractivity contribution is 8.00. The van der Waals surface area contributed by atoms with Gasteiger partial charge in [0.2, 0.25) is 17.5 Å². The van der Waals surface area contributed by atoms with Crippen molar-refractivity contribution in [3.8, 4) is 17.1 Å². The fourth-order valence-electron chi connectivity index (χ4n) is 5.69. The van der Waals surface area contributed by atoms with Gasteiger partial charge in [-0.2, -0.15) is 4.98 Å². The second kappa shape index (κ2) is 16.2. The van der Waals surface area contributed by atoms with E-state index in [9.17, 15) is 9.90 Å². The molecule has 0 radical (unpaired) electrons. The molecular formula is C37H43FN6O4S. The molecule has 49 heavy (non-hydrogen) atoms. The number of hydrogen-bond donors (Lipinski definition) is 3. The maximum Gasteiger partial charge on any atom is 0.335 e. The summed E-state index contributed by atoms with van der Waals surface area (Å²) in [5.41, 5.74) is 4.61. The number of nitrogens with one attached hydrogen (secondary N) is 2. The molecule has 3 N–H and O–H groups in total. The topological polar surface area (TPSA) is 135 Å². The summed E-state index contributed by atoms with van der Waals surface area (Å²) >= 11 is 1.20. The molecule has 0 spiro atoms. The molecule has 0 aliphatic heterocycles. The number of rotatable bonds is 14. The Bertz CT molecular complexity index is 1880. The lowest BCUT2D eigenvalue weighted by molar-refractivity contribution is 0.0346. The third-order valence-electron chi connectivity index (χ3n) is 8.34. The number of hydrogen-bond acceptors (Lipinski definition) is 10. The van der Waals surface area contributed by atoms with Gasteiger partial charge in [0.1, 0.15) is 23.6 Å². The first kappa shape index (κ1) is 35.7. The van der Waals surface area contributed by atoms with Crippen molar-refractivity contribution in [1.29, 1.82) is 0 Å². The number of aromatic carboxylic acids is 1. The van der Waals surface area contributed by atoms with Crippen molar-refractivity contribution in [1.82, 2.24) is 25.3 Å². The fourth-order valence-corrected chi connectivity index (χ4v) is 6.32. The fraction of sp³-hybridized carbons (Fsp3) is 0.378. The summed E-state index contributed by atoms with van der Waals surface area (Å²) < 4.78 is 30.6. The lowest BCUT2D eigenvalue weighted by Gasteiger charge is -2.36. The summed E-state index contributed by atoms with van der Waals surface area (Å²) in [5, 5.41) is 12.8. The minimum absolute atomic E-state index is 0.170. The molecule has 10 nitrogen and oxygen atoms in total. The van der Waals surface area contributed by atoms with Gasteiger partial charge < -0.3 is 19.6 Å². The summed E-state index contributed by atoms with van der Waals surface area (Å²) in [7, 11) is 0. The second-order valence-electron chi connectivity index (χ2n) is 11.9. The van der Waals surface area contributed by atoms with Gasteiger partial charge in [0.25, 0.3) is 0 Å². The van der Waals surface area contributed by atoms with Crippen molar-refractivity contribution in [2.75, 3.05) is 11.3 Å². The molecule has 3 aromatic heterocycles. The molecule has 1 fully saturated rings. The molecule has 1 atom stereocenters. The average Bonchev–Trinajstić information content (AvgIpc) is 3.51. The van der Waals surface area contributed by atoms with Crippen LogP contribution in [0.15, 0.2) is 70.1 Å². The van der Waals surface area contributed by atoms with Crippen LogP contribution in [0.25, 0.3) is 22.5 Å². The van der Waals surface area contributed by atoms with Crippen molar-refractivity contribution in [2.24, 2.45) is 0 Å². The molecule has 6 rings (SSSR count). The molecule has 5 aromatic rings. The lowest BCUT2D eigenvalue weighted by atomic mass is 9.77. The van der Waals surface area contributed by atoms with Gasteiger partial charge in [-0.05, 0) is 80.8 Å². The zero-order chi connectivity index (χ0) is 35.0. The molecule has 12 heteroatoms. The molecule has 3 heterocycles. The molecular weight excluding hydrogens is 644 g/mol. The van der Waals surface area contributed by atoms with Crippen LogP contribution in [0.1, 0.15) is 79.4 Å². The zero-order valence-electron chi connectivity index (χ0n) is 28.5. The third kappa shape index (κ3) is 9.12. The van der Waals surface area contributed by atoms with Crippen molar-refractivity contribution in [3.63, 3.8) is 0 Å². The molecule has 1 saturated carbocycles.